The minimum absolute atomic E-state index is 0.0198. The second kappa shape index (κ2) is 8.08. The van der Waals surface area contributed by atoms with Gasteiger partial charge < -0.3 is 26.8 Å². The molecule has 0 bridgehead atoms. The summed E-state index contributed by atoms with van der Waals surface area (Å²) in [4.78, 5) is 32.9. The summed E-state index contributed by atoms with van der Waals surface area (Å²) in [5, 5.41) is 16.7. The van der Waals surface area contributed by atoms with Crippen molar-refractivity contribution in [2.24, 2.45) is 5.73 Å². The molecule has 1 rings (SSSR count). The third-order valence-electron chi connectivity index (χ3n) is 2.37. The average Bonchev–Trinajstić information content (AvgIpc) is 2.40. The fourth-order valence-corrected chi connectivity index (χ4v) is 1.59. The van der Waals surface area contributed by atoms with E-state index < -0.39 is 17.9 Å². The fourth-order valence-electron chi connectivity index (χ4n) is 1.42. The summed E-state index contributed by atoms with van der Waals surface area (Å²) < 4.78 is 0. The maximum absolute atomic E-state index is 11.7. The summed E-state index contributed by atoms with van der Waals surface area (Å²) in [6, 6.07) is 3.37. The van der Waals surface area contributed by atoms with Gasteiger partial charge in [-0.2, -0.15) is 0 Å². The van der Waals surface area contributed by atoms with Crippen LogP contribution in [0.4, 0.5) is 10.5 Å². The number of carboxylic acids is 1. The summed E-state index contributed by atoms with van der Waals surface area (Å²) in [6.45, 7) is 0.630. The summed E-state index contributed by atoms with van der Waals surface area (Å²) in [5.41, 5.74) is 5.11. The Bertz CT molecular complexity index is 550. The first-order valence-electron chi connectivity index (χ1n) is 5.97. The molecule has 8 nitrogen and oxygen atoms in total. The van der Waals surface area contributed by atoms with Crippen LogP contribution in [0.25, 0.3) is 0 Å². The lowest BCUT2D eigenvalue weighted by Gasteiger charge is -2.09. The van der Waals surface area contributed by atoms with Gasteiger partial charge in [-0.15, -0.1) is 0 Å². The number of nitrogens with one attached hydrogen (secondary N) is 3. The van der Waals surface area contributed by atoms with Gasteiger partial charge in [-0.1, -0.05) is 11.6 Å². The van der Waals surface area contributed by atoms with Gasteiger partial charge in [0.25, 0.3) is 0 Å². The molecule has 114 valence electrons. The molecule has 0 radical (unpaired) electrons. The number of amides is 3. The second-order valence-corrected chi connectivity index (χ2v) is 4.42. The van der Waals surface area contributed by atoms with E-state index in [2.05, 4.69) is 16.0 Å². The van der Waals surface area contributed by atoms with Crippen molar-refractivity contribution >= 4 is 35.2 Å². The monoisotopic (exact) mass is 314 g/mol. The van der Waals surface area contributed by atoms with Crippen LogP contribution in [-0.2, 0) is 4.79 Å². The Morgan fingerprint density at radius 3 is 2.57 bits per heavy atom. The van der Waals surface area contributed by atoms with Gasteiger partial charge in [0.15, 0.2) is 0 Å². The maximum atomic E-state index is 11.7. The van der Waals surface area contributed by atoms with Crippen LogP contribution in [0.15, 0.2) is 18.2 Å². The number of carbonyl (C=O) groups excluding carboxylic acids is 2. The van der Waals surface area contributed by atoms with Crippen LogP contribution in [0.2, 0.25) is 5.02 Å². The molecule has 0 saturated carbocycles. The Kier molecular flexibility index (Phi) is 6.44. The Hall–Kier alpha value is -2.32. The lowest BCUT2D eigenvalue weighted by molar-refractivity contribution is -0.115. The van der Waals surface area contributed by atoms with E-state index in [1.54, 1.807) is 0 Å². The number of nitrogens with two attached hydrogens (primary N) is 1. The molecule has 0 aliphatic rings. The number of carboxylic acid groups (broad SMARTS) is 1. The number of hydrogen-bond donors (Lipinski definition) is 5. The summed E-state index contributed by atoms with van der Waals surface area (Å²) in [5.74, 6) is -1.50. The number of aromatic carboxylic acids is 1. The normalized spacial score (nSPS) is 9.95. The minimum Gasteiger partial charge on any atom is -0.478 e. The smallest absolute Gasteiger partial charge is 0.335 e. The zero-order valence-corrected chi connectivity index (χ0v) is 11.7. The molecule has 0 unspecified atom stereocenters. The Morgan fingerprint density at radius 2 is 1.95 bits per heavy atom. The third-order valence-corrected chi connectivity index (χ3v) is 2.70. The molecule has 1 aromatic rings. The SMILES string of the molecule is NC(=O)NCCNCC(=O)Nc1cc(C(=O)O)ccc1Cl. The van der Waals surface area contributed by atoms with Gasteiger partial charge in [-0.25, -0.2) is 9.59 Å². The first-order valence-corrected chi connectivity index (χ1v) is 6.34. The standard InChI is InChI=1S/C12H15ClN4O4/c13-8-2-1-7(11(19)20)5-9(8)17-10(18)6-15-3-4-16-12(14)21/h1-2,5,15H,3-4,6H2,(H,17,18)(H,19,20)(H3,14,16,21). The van der Waals surface area contributed by atoms with Crippen LogP contribution in [0, 0.1) is 0 Å². The van der Waals surface area contributed by atoms with Crippen LogP contribution in [0.5, 0.6) is 0 Å². The molecule has 0 aliphatic heterocycles. The third kappa shape index (κ3) is 6.11. The molecule has 0 saturated heterocycles. The van der Waals surface area contributed by atoms with Crippen molar-refractivity contribution in [1.29, 1.82) is 0 Å². The molecule has 0 fully saturated rings. The van der Waals surface area contributed by atoms with Crippen molar-refractivity contribution in [3.8, 4) is 0 Å². The molecule has 9 heteroatoms. The van der Waals surface area contributed by atoms with Crippen LogP contribution < -0.4 is 21.7 Å². The number of urea groups is 1. The molecule has 0 heterocycles. The molecule has 0 spiro atoms. The van der Waals surface area contributed by atoms with Crippen molar-refractivity contribution in [1.82, 2.24) is 10.6 Å². The molecule has 21 heavy (non-hydrogen) atoms. The van der Waals surface area contributed by atoms with Crippen LogP contribution in [0.3, 0.4) is 0 Å². The highest BCUT2D eigenvalue weighted by atomic mass is 35.5. The van der Waals surface area contributed by atoms with Crippen molar-refractivity contribution in [2.75, 3.05) is 25.0 Å². The fraction of sp³-hybridized carbons (Fsp3) is 0.250. The highest BCUT2D eigenvalue weighted by molar-refractivity contribution is 6.33. The van der Waals surface area contributed by atoms with E-state index in [-0.39, 0.29) is 29.4 Å². The lowest BCUT2D eigenvalue weighted by atomic mass is 10.2. The number of halogens is 1. The largest absolute Gasteiger partial charge is 0.478 e. The zero-order chi connectivity index (χ0) is 15.8. The van der Waals surface area contributed by atoms with Crippen molar-refractivity contribution in [3.05, 3.63) is 28.8 Å². The van der Waals surface area contributed by atoms with E-state index in [0.717, 1.165) is 0 Å². The van der Waals surface area contributed by atoms with Crippen LogP contribution >= 0.6 is 11.6 Å². The molecule has 1 aromatic carbocycles. The van der Waals surface area contributed by atoms with Gasteiger partial charge in [0.1, 0.15) is 0 Å². The number of primary amides is 1. The maximum Gasteiger partial charge on any atom is 0.335 e. The number of anilines is 1. The van der Waals surface area contributed by atoms with Crippen molar-refractivity contribution < 1.29 is 19.5 Å². The van der Waals surface area contributed by atoms with Crippen molar-refractivity contribution in [3.63, 3.8) is 0 Å². The molecule has 0 atom stereocenters. The summed E-state index contributed by atoms with van der Waals surface area (Å²) >= 11 is 5.87. The Balaban J connectivity index is 2.45. The quantitative estimate of drug-likeness (QED) is 0.459. The second-order valence-electron chi connectivity index (χ2n) is 4.02. The predicted octanol–water partition coefficient (Wildman–Crippen LogP) is 0.235. The zero-order valence-electron chi connectivity index (χ0n) is 11.0. The summed E-state index contributed by atoms with van der Waals surface area (Å²) in [7, 11) is 0. The Labute approximate surface area is 125 Å². The molecule has 0 aliphatic carbocycles. The molecule has 3 amide bonds. The van der Waals surface area contributed by atoms with Gasteiger partial charge in [-0.3, -0.25) is 4.79 Å². The number of carbonyl (C=O) groups is 3. The molecule has 0 aromatic heterocycles. The van der Waals surface area contributed by atoms with E-state index >= 15 is 0 Å². The summed E-state index contributed by atoms with van der Waals surface area (Å²) in [6.07, 6.45) is 0. The van der Waals surface area contributed by atoms with Crippen LogP contribution in [-0.4, -0.2) is 42.6 Å². The van der Waals surface area contributed by atoms with Gasteiger partial charge in [0, 0.05) is 13.1 Å². The Morgan fingerprint density at radius 1 is 1.24 bits per heavy atom. The van der Waals surface area contributed by atoms with Crippen molar-refractivity contribution in [2.45, 2.75) is 0 Å². The van der Waals surface area contributed by atoms with E-state index in [1.807, 2.05) is 0 Å². The number of benzene rings is 1. The van der Waals surface area contributed by atoms with E-state index in [9.17, 15) is 14.4 Å². The van der Waals surface area contributed by atoms with Crippen LogP contribution in [0.1, 0.15) is 10.4 Å². The average molecular weight is 315 g/mol. The first-order chi connectivity index (χ1) is 9.90. The number of hydrogen-bond acceptors (Lipinski definition) is 4. The lowest BCUT2D eigenvalue weighted by Crippen LogP contribution is -2.37. The predicted molar refractivity (Wildman–Crippen MR) is 77.5 cm³/mol. The molecular weight excluding hydrogens is 300 g/mol. The van der Waals surface area contributed by atoms with Gasteiger partial charge in [-0.05, 0) is 18.2 Å². The van der Waals surface area contributed by atoms with E-state index in [4.69, 9.17) is 22.4 Å². The minimum atomic E-state index is -1.11. The first kappa shape index (κ1) is 16.7. The number of rotatable bonds is 7. The van der Waals surface area contributed by atoms with Gasteiger partial charge >= 0.3 is 12.0 Å². The van der Waals surface area contributed by atoms with E-state index in [0.29, 0.717) is 6.54 Å². The van der Waals surface area contributed by atoms with Gasteiger partial charge in [0.2, 0.25) is 5.91 Å². The van der Waals surface area contributed by atoms with E-state index in [1.165, 1.54) is 18.2 Å². The topological polar surface area (TPSA) is 134 Å². The highest BCUT2D eigenvalue weighted by Crippen LogP contribution is 2.22. The van der Waals surface area contributed by atoms with Gasteiger partial charge in [0.05, 0.1) is 22.8 Å². The highest BCUT2D eigenvalue weighted by Gasteiger charge is 2.09. The molecule has 6 N–H and O–H groups in total. The molecular formula is C12H15ClN4O4.